The number of nitrogens with one attached hydrogen (secondary N) is 1. The molecule has 1 spiro atoms. The predicted molar refractivity (Wildman–Crippen MR) is 66.1 cm³/mol. The van der Waals surface area contributed by atoms with Gasteiger partial charge in [-0.3, -0.25) is 20.0 Å². The summed E-state index contributed by atoms with van der Waals surface area (Å²) < 4.78 is 0. The van der Waals surface area contributed by atoms with E-state index in [4.69, 9.17) is 0 Å². The fraction of sp³-hybridized carbons (Fsp3) is 0.462. The Bertz CT molecular complexity index is 480. The van der Waals surface area contributed by atoms with Gasteiger partial charge in [0, 0.05) is 6.20 Å². The van der Waals surface area contributed by atoms with Crippen molar-refractivity contribution in [3.63, 3.8) is 0 Å². The first-order valence-corrected chi connectivity index (χ1v) is 6.30. The van der Waals surface area contributed by atoms with Crippen LogP contribution in [-0.2, 0) is 4.79 Å². The molecule has 3 rings (SSSR count). The van der Waals surface area contributed by atoms with Crippen LogP contribution in [0.2, 0.25) is 0 Å². The van der Waals surface area contributed by atoms with Gasteiger partial charge in [0.1, 0.15) is 5.54 Å². The molecule has 0 bridgehead atoms. The van der Waals surface area contributed by atoms with Gasteiger partial charge >= 0.3 is 6.03 Å². The lowest BCUT2D eigenvalue weighted by molar-refractivity contribution is -0.124. The number of hydrogen-bond donors (Lipinski definition) is 1. The molecule has 5 nitrogen and oxygen atoms in total. The number of carbonyl (C=O) groups is 2. The molecule has 0 radical (unpaired) electrons. The first-order valence-electron chi connectivity index (χ1n) is 6.30. The number of amides is 3. The van der Waals surface area contributed by atoms with Gasteiger partial charge < -0.3 is 0 Å². The van der Waals surface area contributed by atoms with E-state index < -0.39 is 5.54 Å². The van der Waals surface area contributed by atoms with Crippen LogP contribution in [0.1, 0.15) is 32.1 Å². The number of anilines is 1. The highest BCUT2D eigenvalue weighted by atomic mass is 16.2. The molecule has 2 heterocycles. The SMILES string of the molecule is O=C1NC(=O)C2(CCCCC2)N1c1cccnc1. The van der Waals surface area contributed by atoms with Gasteiger partial charge in [0.15, 0.2) is 0 Å². The Morgan fingerprint density at radius 1 is 1.22 bits per heavy atom. The van der Waals surface area contributed by atoms with Crippen LogP contribution in [0, 0.1) is 0 Å². The van der Waals surface area contributed by atoms with E-state index in [0.717, 1.165) is 32.1 Å². The number of carbonyl (C=O) groups excluding carboxylic acids is 2. The summed E-state index contributed by atoms with van der Waals surface area (Å²) in [5.74, 6) is -0.156. The van der Waals surface area contributed by atoms with Crippen LogP contribution in [0.15, 0.2) is 24.5 Å². The summed E-state index contributed by atoms with van der Waals surface area (Å²) in [6.07, 6.45) is 7.86. The first kappa shape index (κ1) is 11.2. The minimum absolute atomic E-state index is 0.156. The second kappa shape index (κ2) is 4.08. The van der Waals surface area contributed by atoms with E-state index in [1.807, 2.05) is 6.07 Å². The Balaban J connectivity index is 2.04. The molecular formula is C13H15N3O2. The number of hydrogen-bond acceptors (Lipinski definition) is 3. The largest absolute Gasteiger partial charge is 0.329 e. The van der Waals surface area contributed by atoms with Crippen LogP contribution in [-0.4, -0.2) is 22.5 Å². The number of imide groups is 1. The molecule has 94 valence electrons. The van der Waals surface area contributed by atoms with Crippen LogP contribution in [0.3, 0.4) is 0 Å². The fourth-order valence-electron chi connectivity index (χ4n) is 3.00. The molecule has 1 aromatic rings. The maximum atomic E-state index is 12.2. The third kappa shape index (κ3) is 1.50. The van der Waals surface area contributed by atoms with Crippen molar-refractivity contribution in [3.8, 4) is 0 Å². The highest BCUT2D eigenvalue weighted by molar-refractivity contribution is 6.16. The number of urea groups is 1. The van der Waals surface area contributed by atoms with E-state index in [9.17, 15) is 9.59 Å². The second-order valence-corrected chi connectivity index (χ2v) is 4.90. The predicted octanol–water partition coefficient (Wildman–Crippen LogP) is 1.84. The van der Waals surface area contributed by atoms with E-state index in [-0.39, 0.29) is 11.9 Å². The Hall–Kier alpha value is -1.91. The summed E-state index contributed by atoms with van der Waals surface area (Å²) >= 11 is 0. The van der Waals surface area contributed by atoms with Gasteiger partial charge in [-0.1, -0.05) is 19.3 Å². The Morgan fingerprint density at radius 3 is 2.67 bits per heavy atom. The molecule has 1 aliphatic heterocycles. The standard InChI is InChI=1S/C13H15N3O2/c17-11-13(6-2-1-3-7-13)16(12(18)15-11)10-5-4-8-14-9-10/h4-5,8-9H,1-3,6-7H2,(H,15,17,18). The van der Waals surface area contributed by atoms with Crippen molar-refractivity contribution in [2.24, 2.45) is 0 Å². The van der Waals surface area contributed by atoms with Gasteiger partial charge in [0.2, 0.25) is 0 Å². The summed E-state index contributed by atoms with van der Waals surface area (Å²) in [6, 6.07) is 3.28. The topological polar surface area (TPSA) is 62.3 Å². The highest BCUT2D eigenvalue weighted by Crippen LogP contribution is 2.39. The van der Waals surface area contributed by atoms with E-state index in [0.29, 0.717) is 5.69 Å². The molecule has 3 amide bonds. The van der Waals surface area contributed by atoms with Crippen molar-refractivity contribution in [1.82, 2.24) is 10.3 Å². The van der Waals surface area contributed by atoms with Crippen molar-refractivity contribution in [2.75, 3.05) is 4.90 Å². The van der Waals surface area contributed by atoms with Crippen molar-refractivity contribution in [3.05, 3.63) is 24.5 Å². The van der Waals surface area contributed by atoms with Gasteiger partial charge in [-0.05, 0) is 25.0 Å². The Labute approximate surface area is 105 Å². The molecular weight excluding hydrogens is 230 g/mol. The van der Waals surface area contributed by atoms with E-state index >= 15 is 0 Å². The highest BCUT2D eigenvalue weighted by Gasteiger charge is 2.53. The summed E-state index contributed by atoms with van der Waals surface area (Å²) in [5.41, 5.74) is 0.0148. The minimum Gasteiger partial charge on any atom is -0.277 e. The van der Waals surface area contributed by atoms with Crippen LogP contribution < -0.4 is 10.2 Å². The number of rotatable bonds is 1. The number of aromatic nitrogens is 1. The lowest BCUT2D eigenvalue weighted by atomic mass is 9.80. The zero-order chi connectivity index (χ0) is 12.6. The number of pyridine rings is 1. The van der Waals surface area contributed by atoms with Crippen LogP contribution in [0.25, 0.3) is 0 Å². The molecule has 1 aliphatic carbocycles. The average molecular weight is 245 g/mol. The molecule has 5 heteroatoms. The summed E-state index contributed by atoms with van der Waals surface area (Å²) in [4.78, 5) is 29.8. The Kier molecular flexibility index (Phi) is 2.54. The summed E-state index contributed by atoms with van der Waals surface area (Å²) in [7, 11) is 0. The summed E-state index contributed by atoms with van der Waals surface area (Å²) in [5, 5.41) is 2.45. The van der Waals surface area contributed by atoms with Gasteiger partial charge in [-0.15, -0.1) is 0 Å². The van der Waals surface area contributed by atoms with Crippen LogP contribution in [0.4, 0.5) is 10.5 Å². The Morgan fingerprint density at radius 2 is 2.00 bits per heavy atom. The van der Waals surface area contributed by atoms with Crippen LogP contribution >= 0.6 is 0 Å². The lowest BCUT2D eigenvalue weighted by Crippen LogP contribution is -2.51. The third-order valence-electron chi connectivity index (χ3n) is 3.86. The zero-order valence-corrected chi connectivity index (χ0v) is 10.1. The second-order valence-electron chi connectivity index (χ2n) is 4.90. The quantitative estimate of drug-likeness (QED) is 0.768. The zero-order valence-electron chi connectivity index (χ0n) is 10.1. The van der Waals surface area contributed by atoms with E-state index in [2.05, 4.69) is 10.3 Å². The van der Waals surface area contributed by atoms with Crippen molar-refractivity contribution in [2.45, 2.75) is 37.6 Å². The molecule has 18 heavy (non-hydrogen) atoms. The lowest BCUT2D eigenvalue weighted by Gasteiger charge is -2.37. The van der Waals surface area contributed by atoms with Crippen molar-refractivity contribution >= 4 is 17.6 Å². The monoisotopic (exact) mass is 245 g/mol. The molecule has 0 atom stereocenters. The molecule has 1 N–H and O–H groups in total. The minimum atomic E-state index is -0.682. The molecule has 1 saturated heterocycles. The molecule has 1 aromatic heterocycles. The molecule has 1 saturated carbocycles. The third-order valence-corrected chi connectivity index (χ3v) is 3.86. The summed E-state index contributed by atoms with van der Waals surface area (Å²) in [6.45, 7) is 0. The van der Waals surface area contributed by atoms with Gasteiger partial charge in [-0.2, -0.15) is 0 Å². The molecule has 2 fully saturated rings. The van der Waals surface area contributed by atoms with E-state index in [1.54, 1.807) is 23.4 Å². The van der Waals surface area contributed by atoms with Gasteiger partial charge in [-0.25, -0.2) is 4.79 Å². The molecule has 2 aliphatic rings. The van der Waals surface area contributed by atoms with Crippen LogP contribution in [0.5, 0.6) is 0 Å². The average Bonchev–Trinajstić information content (AvgIpc) is 2.63. The molecule has 0 aromatic carbocycles. The maximum absolute atomic E-state index is 12.2. The van der Waals surface area contributed by atoms with Gasteiger partial charge in [0.25, 0.3) is 5.91 Å². The van der Waals surface area contributed by atoms with E-state index in [1.165, 1.54) is 0 Å². The maximum Gasteiger partial charge on any atom is 0.329 e. The normalized spacial score (nSPS) is 22.3. The number of nitrogens with zero attached hydrogens (tertiary/aromatic N) is 2. The van der Waals surface area contributed by atoms with Crippen molar-refractivity contribution in [1.29, 1.82) is 0 Å². The van der Waals surface area contributed by atoms with Crippen molar-refractivity contribution < 1.29 is 9.59 Å². The van der Waals surface area contributed by atoms with Gasteiger partial charge in [0.05, 0.1) is 11.9 Å². The fourth-order valence-corrected chi connectivity index (χ4v) is 3.00. The smallest absolute Gasteiger partial charge is 0.277 e. The molecule has 0 unspecified atom stereocenters. The first-order chi connectivity index (χ1) is 8.74.